The maximum Gasteiger partial charge on any atom is 0.308 e. The highest BCUT2D eigenvalue weighted by Crippen LogP contribution is 2.12. The zero-order chi connectivity index (χ0) is 10.4. The molecule has 4 nitrogen and oxygen atoms in total. The summed E-state index contributed by atoms with van der Waals surface area (Å²) in [6.07, 6.45) is 1.28. The fraction of sp³-hybridized carbons (Fsp3) is 0.900. The van der Waals surface area contributed by atoms with Crippen LogP contribution in [-0.4, -0.2) is 43.4 Å². The highest BCUT2D eigenvalue weighted by atomic mass is 16.5. The van der Waals surface area contributed by atoms with Gasteiger partial charge in [-0.3, -0.25) is 9.69 Å². The summed E-state index contributed by atoms with van der Waals surface area (Å²) in [6, 6.07) is 0. The first kappa shape index (κ1) is 11.5. The van der Waals surface area contributed by atoms with Gasteiger partial charge in [0.2, 0.25) is 0 Å². The third-order valence-corrected chi connectivity index (χ3v) is 2.48. The molecule has 1 rings (SSSR count). The third-order valence-electron chi connectivity index (χ3n) is 2.48. The van der Waals surface area contributed by atoms with Crippen LogP contribution in [0.2, 0.25) is 0 Å². The molecule has 0 saturated carbocycles. The monoisotopic (exact) mass is 201 g/mol. The summed E-state index contributed by atoms with van der Waals surface area (Å²) in [4.78, 5) is 13.1. The molecule has 0 aliphatic carbocycles. The zero-order valence-electron chi connectivity index (χ0n) is 8.99. The van der Waals surface area contributed by atoms with Gasteiger partial charge >= 0.3 is 5.97 Å². The van der Waals surface area contributed by atoms with Crippen LogP contribution < -0.4 is 0 Å². The Bertz CT molecular complexity index is 180. The van der Waals surface area contributed by atoms with Gasteiger partial charge in [-0.05, 0) is 13.1 Å². The molecule has 1 unspecified atom stereocenters. The summed E-state index contributed by atoms with van der Waals surface area (Å²) in [5, 5.41) is 0. The molecule has 1 aliphatic heterocycles. The second-order valence-electron chi connectivity index (χ2n) is 3.43. The number of cyclic esters (lactones) is 1. The van der Waals surface area contributed by atoms with Gasteiger partial charge in [0, 0.05) is 6.42 Å². The molecule has 0 radical (unpaired) electrons. The second kappa shape index (κ2) is 5.98. The summed E-state index contributed by atoms with van der Waals surface area (Å²) < 4.78 is 10.5. The number of ether oxygens (including phenoxy) is 2. The second-order valence-corrected chi connectivity index (χ2v) is 3.43. The largest absolute Gasteiger partial charge is 0.465 e. The molecule has 0 N–H and O–H groups in total. The fourth-order valence-electron chi connectivity index (χ4n) is 1.41. The molecule has 82 valence electrons. The van der Waals surface area contributed by atoms with E-state index in [9.17, 15) is 4.79 Å². The molecule has 1 saturated heterocycles. The Hall–Kier alpha value is -0.610. The summed E-state index contributed by atoms with van der Waals surface area (Å²) in [5.74, 6) is -0.138. The highest BCUT2D eigenvalue weighted by molar-refractivity contribution is 5.70. The predicted molar refractivity (Wildman–Crippen MR) is 52.9 cm³/mol. The third kappa shape index (κ3) is 3.64. The maximum absolute atomic E-state index is 10.9. The molecule has 0 aromatic rings. The van der Waals surface area contributed by atoms with E-state index in [2.05, 4.69) is 18.7 Å². The van der Waals surface area contributed by atoms with Gasteiger partial charge in [0.1, 0.15) is 0 Å². The van der Waals surface area contributed by atoms with Gasteiger partial charge in [0.05, 0.1) is 25.9 Å². The lowest BCUT2D eigenvalue weighted by Gasteiger charge is -2.25. The normalized spacial score (nSPS) is 22.5. The Morgan fingerprint density at radius 2 is 2.21 bits per heavy atom. The van der Waals surface area contributed by atoms with Crippen LogP contribution in [0.4, 0.5) is 0 Å². The molecule has 14 heavy (non-hydrogen) atoms. The first-order chi connectivity index (χ1) is 6.76. The molecule has 1 fully saturated rings. The number of carbonyl (C=O) groups is 1. The van der Waals surface area contributed by atoms with Crippen molar-refractivity contribution in [3.8, 4) is 0 Å². The lowest BCUT2D eigenvalue weighted by atomic mass is 10.1. The Morgan fingerprint density at radius 3 is 2.79 bits per heavy atom. The molecule has 1 aliphatic rings. The van der Waals surface area contributed by atoms with Crippen LogP contribution in [-0.2, 0) is 14.3 Å². The van der Waals surface area contributed by atoms with Crippen LogP contribution >= 0.6 is 0 Å². The van der Waals surface area contributed by atoms with Crippen LogP contribution in [0.15, 0.2) is 0 Å². The lowest BCUT2D eigenvalue weighted by Crippen LogP contribution is -2.33. The fourth-order valence-corrected chi connectivity index (χ4v) is 1.41. The van der Waals surface area contributed by atoms with Crippen molar-refractivity contribution in [2.75, 3.05) is 26.4 Å². The highest BCUT2D eigenvalue weighted by Gasteiger charge is 2.21. The van der Waals surface area contributed by atoms with E-state index >= 15 is 0 Å². The molecular weight excluding hydrogens is 182 g/mol. The number of esters is 1. The molecular formula is C10H19NO3. The van der Waals surface area contributed by atoms with Crippen molar-refractivity contribution in [1.82, 2.24) is 4.90 Å². The Kier molecular flexibility index (Phi) is 4.90. The van der Waals surface area contributed by atoms with Crippen molar-refractivity contribution in [2.24, 2.45) is 0 Å². The van der Waals surface area contributed by atoms with Gasteiger partial charge in [-0.1, -0.05) is 13.8 Å². The van der Waals surface area contributed by atoms with Crippen LogP contribution in [0, 0.1) is 0 Å². The first-order valence-corrected chi connectivity index (χ1v) is 5.25. The van der Waals surface area contributed by atoms with E-state index in [1.165, 1.54) is 0 Å². The smallest absolute Gasteiger partial charge is 0.308 e. The molecule has 1 atom stereocenters. The van der Waals surface area contributed by atoms with Gasteiger partial charge in [-0.25, -0.2) is 0 Å². The summed E-state index contributed by atoms with van der Waals surface area (Å²) in [5.41, 5.74) is 0. The lowest BCUT2D eigenvalue weighted by molar-refractivity contribution is -0.156. The standard InChI is InChI=1S/C10H19NO3/c1-3-11(4-2)8-14-9-5-6-13-10(12)7-9/h9H,3-8H2,1-2H3. The minimum atomic E-state index is -0.138. The number of hydrogen-bond donors (Lipinski definition) is 0. The Morgan fingerprint density at radius 1 is 1.50 bits per heavy atom. The molecule has 0 bridgehead atoms. The quantitative estimate of drug-likeness (QED) is 0.491. The van der Waals surface area contributed by atoms with E-state index in [-0.39, 0.29) is 12.1 Å². The molecule has 0 spiro atoms. The van der Waals surface area contributed by atoms with E-state index in [0.29, 0.717) is 19.8 Å². The van der Waals surface area contributed by atoms with Crippen LogP contribution in [0.25, 0.3) is 0 Å². The van der Waals surface area contributed by atoms with E-state index in [4.69, 9.17) is 9.47 Å². The molecule has 1 heterocycles. The SMILES string of the molecule is CCN(CC)COC1CCOC(=O)C1. The van der Waals surface area contributed by atoms with Crippen molar-refractivity contribution in [3.63, 3.8) is 0 Å². The predicted octanol–water partition coefficient (Wildman–Crippen LogP) is 1.01. The first-order valence-electron chi connectivity index (χ1n) is 5.25. The van der Waals surface area contributed by atoms with Crippen molar-refractivity contribution in [2.45, 2.75) is 32.8 Å². The number of nitrogens with zero attached hydrogens (tertiary/aromatic N) is 1. The average Bonchev–Trinajstić information content (AvgIpc) is 2.19. The van der Waals surface area contributed by atoms with Gasteiger partial charge in [-0.15, -0.1) is 0 Å². The number of hydrogen-bond acceptors (Lipinski definition) is 4. The molecule has 4 heteroatoms. The van der Waals surface area contributed by atoms with Crippen LogP contribution in [0.3, 0.4) is 0 Å². The van der Waals surface area contributed by atoms with Crippen molar-refractivity contribution < 1.29 is 14.3 Å². The average molecular weight is 201 g/mol. The summed E-state index contributed by atoms with van der Waals surface area (Å²) >= 11 is 0. The maximum atomic E-state index is 10.9. The van der Waals surface area contributed by atoms with Gasteiger partial charge in [-0.2, -0.15) is 0 Å². The molecule has 0 amide bonds. The Labute approximate surface area is 85.2 Å². The van der Waals surface area contributed by atoms with Gasteiger partial charge in [0.15, 0.2) is 0 Å². The molecule has 0 aromatic heterocycles. The van der Waals surface area contributed by atoms with Gasteiger partial charge < -0.3 is 9.47 Å². The Balaban J connectivity index is 2.19. The molecule has 0 aromatic carbocycles. The van der Waals surface area contributed by atoms with E-state index in [0.717, 1.165) is 19.5 Å². The topological polar surface area (TPSA) is 38.8 Å². The summed E-state index contributed by atoms with van der Waals surface area (Å²) in [6.45, 7) is 7.28. The van der Waals surface area contributed by atoms with E-state index < -0.39 is 0 Å². The van der Waals surface area contributed by atoms with Crippen LogP contribution in [0.1, 0.15) is 26.7 Å². The van der Waals surface area contributed by atoms with Gasteiger partial charge in [0.25, 0.3) is 0 Å². The zero-order valence-corrected chi connectivity index (χ0v) is 8.99. The minimum Gasteiger partial charge on any atom is -0.465 e. The number of carbonyl (C=O) groups excluding carboxylic acids is 1. The van der Waals surface area contributed by atoms with Crippen LogP contribution in [0.5, 0.6) is 0 Å². The minimum absolute atomic E-state index is 0.0526. The summed E-state index contributed by atoms with van der Waals surface area (Å²) in [7, 11) is 0. The van der Waals surface area contributed by atoms with Crippen molar-refractivity contribution in [1.29, 1.82) is 0 Å². The van der Waals surface area contributed by atoms with Crippen molar-refractivity contribution in [3.05, 3.63) is 0 Å². The van der Waals surface area contributed by atoms with Crippen molar-refractivity contribution >= 4 is 5.97 Å². The van der Waals surface area contributed by atoms with E-state index in [1.807, 2.05) is 0 Å². The number of rotatable bonds is 5. The van der Waals surface area contributed by atoms with E-state index in [1.54, 1.807) is 0 Å².